The number of benzene rings is 1. The molecule has 1 aromatic heterocycles. The number of aryl methyl sites for hydroxylation is 1. The Hall–Kier alpha value is -2.37. The number of hydrogen-bond donors (Lipinski definition) is 2. The van der Waals surface area contributed by atoms with Gasteiger partial charge in [-0.15, -0.1) is 0 Å². The molecular weight excluding hydrogens is 218 g/mol. The van der Waals surface area contributed by atoms with E-state index in [9.17, 15) is 0 Å². The lowest BCUT2D eigenvalue weighted by molar-refractivity contribution is 0.419. The van der Waals surface area contributed by atoms with E-state index in [4.69, 9.17) is 10.5 Å². The first kappa shape index (κ1) is 11.1. The zero-order valence-electron chi connectivity index (χ0n) is 9.64. The van der Waals surface area contributed by atoms with Crippen LogP contribution in [0.15, 0.2) is 24.5 Å². The van der Waals surface area contributed by atoms with Gasteiger partial charge >= 0.3 is 0 Å². The van der Waals surface area contributed by atoms with E-state index < -0.39 is 0 Å². The van der Waals surface area contributed by atoms with Gasteiger partial charge in [0.1, 0.15) is 29.2 Å². The van der Waals surface area contributed by atoms with Gasteiger partial charge in [-0.25, -0.2) is 9.97 Å². The quantitative estimate of drug-likeness (QED) is 0.773. The number of para-hydroxylation sites is 1. The SMILES string of the molecule is COc1cccc2c(N)nc(C)[nH]ncnc12. The second-order valence-electron chi connectivity index (χ2n) is 3.42. The topological polar surface area (TPSA) is 89.7 Å². The zero-order valence-corrected chi connectivity index (χ0v) is 9.64. The second kappa shape index (κ2) is 4.65. The van der Waals surface area contributed by atoms with Crippen LogP contribution in [0, 0.1) is 6.92 Å². The molecule has 6 heteroatoms. The van der Waals surface area contributed by atoms with Gasteiger partial charge in [0.2, 0.25) is 0 Å². The van der Waals surface area contributed by atoms with Crippen molar-refractivity contribution < 1.29 is 4.74 Å². The van der Waals surface area contributed by atoms with E-state index in [1.165, 1.54) is 6.33 Å². The number of anilines is 1. The minimum absolute atomic E-state index is 0.373. The van der Waals surface area contributed by atoms with Crippen LogP contribution in [0.5, 0.6) is 5.75 Å². The predicted octanol–water partition coefficient (Wildman–Crippen LogP) is 1.38. The Balaban J connectivity index is 2.93. The van der Waals surface area contributed by atoms with Crippen LogP contribution in [0.3, 0.4) is 0 Å². The Morgan fingerprint density at radius 1 is 1.35 bits per heavy atom. The third-order valence-corrected chi connectivity index (χ3v) is 2.25. The van der Waals surface area contributed by atoms with Gasteiger partial charge in [0, 0.05) is 5.39 Å². The second-order valence-corrected chi connectivity index (χ2v) is 3.42. The number of fused-ring (bicyclic) bond motifs is 1. The van der Waals surface area contributed by atoms with Crippen molar-refractivity contribution >= 4 is 16.7 Å². The van der Waals surface area contributed by atoms with Crippen molar-refractivity contribution in [2.24, 2.45) is 0 Å². The summed E-state index contributed by atoms with van der Waals surface area (Å²) in [7, 11) is 1.58. The summed E-state index contributed by atoms with van der Waals surface area (Å²) in [6.45, 7) is 1.77. The van der Waals surface area contributed by atoms with Crippen LogP contribution in [0.2, 0.25) is 0 Å². The summed E-state index contributed by atoms with van der Waals surface area (Å²) in [5.41, 5.74) is 6.54. The summed E-state index contributed by atoms with van der Waals surface area (Å²) < 4.78 is 5.23. The summed E-state index contributed by atoms with van der Waals surface area (Å²) in [4.78, 5) is 8.39. The van der Waals surface area contributed by atoms with E-state index in [-0.39, 0.29) is 0 Å². The van der Waals surface area contributed by atoms with E-state index in [0.717, 1.165) is 5.39 Å². The number of nitrogen functional groups attached to an aromatic ring is 1. The first-order valence-corrected chi connectivity index (χ1v) is 5.06. The average molecular weight is 231 g/mol. The van der Waals surface area contributed by atoms with Crippen molar-refractivity contribution in [2.45, 2.75) is 6.92 Å². The van der Waals surface area contributed by atoms with Gasteiger partial charge in [-0.1, -0.05) is 6.07 Å². The van der Waals surface area contributed by atoms with Crippen LogP contribution in [0.25, 0.3) is 10.9 Å². The summed E-state index contributed by atoms with van der Waals surface area (Å²) in [5, 5.41) is 7.32. The molecule has 1 heterocycles. The van der Waals surface area contributed by atoms with Crippen molar-refractivity contribution in [1.29, 1.82) is 0 Å². The molecule has 6 nitrogen and oxygen atoms in total. The fraction of sp³-hybridized carbons (Fsp3) is 0.182. The molecule has 88 valence electrons. The molecular formula is C11H13N5O. The van der Waals surface area contributed by atoms with Gasteiger partial charge in [0.25, 0.3) is 0 Å². The molecule has 0 aliphatic carbocycles. The highest BCUT2D eigenvalue weighted by atomic mass is 16.5. The number of aromatic amines is 1. The molecule has 3 N–H and O–H groups in total. The fourth-order valence-electron chi connectivity index (χ4n) is 1.50. The Morgan fingerprint density at radius 2 is 2.18 bits per heavy atom. The van der Waals surface area contributed by atoms with Crippen molar-refractivity contribution in [2.75, 3.05) is 12.8 Å². The normalized spacial score (nSPS) is 10.0. The van der Waals surface area contributed by atoms with E-state index >= 15 is 0 Å². The maximum Gasteiger partial charge on any atom is 0.145 e. The minimum atomic E-state index is 0.373. The highest BCUT2D eigenvalue weighted by molar-refractivity contribution is 5.91. The molecule has 17 heavy (non-hydrogen) atoms. The Kier molecular flexibility index (Phi) is 3.04. The number of nitrogens with one attached hydrogen (secondary N) is 1. The van der Waals surface area contributed by atoms with E-state index in [1.54, 1.807) is 14.0 Å². The minimum Gasteiger partial charge on any atom is -0.494 e. The molecule has 1 aromatic carbocycles. The third-order valence-electron chi connectivity index (χ3n) is 2.25. The molecule has 0 spiro atoms. The first-order chi connectivity index (χ1) is 8.22. The van der Waals surface area contributed by atoms with E-state index in [1.807, 2.05) is 18.2 Å². The summed E-state index contributed by atoms with van der Waals surface area (Å²) in [6.07, 6.45) is 1.40. The number of nitrogens with two attached hydrogens (primary N) is 1. The number of H-pyrrole nitrogens is 1. The maximum atomic E-state index is 5.92. The smallest absolute Gasteiger partial charge is 0.145 e. The molecule has 0 fully saturated rings. The number of rotatable bonds is 1. The maximum absolute atomic E-state index is 5.92. The van der Waals surface area contributed by atoms with Crippen molar-refractivity contribution in [3.05, 3.63) is 30.4 Å². The fourth-order valence-corrected chi connectivity index (χ4v) is 1.50. The van der Waals surface area contributed by atoms with Crippen molar-refractivity contribution in [3.8, 4) is 5.75 Å². The van der Waals surface area contributed by atoms with Crippen LogP contribution in [0.1, 0.15) is 5.82 Å². The van der Waals surface area contributed by atoms with Gasteiger partial charge in [-0.3, -0.25) is 5.10 Å². The van der Waals surface area contributed by atoms with E-state index in [0.29, 0.717) is 22.9 Å². The molecule has 2 rings (SSSR count). The Bertz CT molecular complexity index is 592. The molecule has 0 bridgehead atoms. The lowest BCUT2D eigenvalue weighted by atomic mass is 10.2. The van der Waals surface area contributed by atoms with Crippen LogP contribution >= 0.6 is 0 Å². The third kappa shape index (κ3) is 2.25. The number of aromatic nitrogens is 4. The predicted molar refractivity (Wildman–Crippen MR) is 65.0 cm³/mol. The highest BCUT2D eigenvalue weighted by Gasteiger charge is 2.03. The molecule has 0 amide bonds. The van der Waals surface area contributed by atoms with Crippen LogP contribution in [0.4, 0.5) is 5.82 Å². The molecule has 0 radical (unpaired) electrons. The van der Waals surface area contributed by atoms with Crippen molar-refractivity contribution in [1.82, 2.24) is 20.2 Å². The van der Waals surface area contributed by atoms with Gasteiger partial charge in [0.05, 0.1) is 7.11 Å². The zero-order chi connectivity index (χ0) is 12.3. The number of ether oxygens (including phenoxy) is 1. The van der Waals surface area contributed by atoms with Crippen molar-refractivity contribution in [3.63, 3.8) is 0 Å². The number of nitrogens with zero attached hydrogens (tertiary/aromatic N) is 3. The average Bonchev–Trinajstić information content (AvgIpc) is 2.39. The Labute approximate surface area is 98.2 Å². The highest BCUT2D eigenvalue weighted by Crippen LogP contribution is 2.24. The largest absolute Gasteiger partial charge is 0.494 e. The van der Waals surface area contributed by atoms with Crippen LogP contribution in [-0.2, 0) is 0 Å². The molecule has 0 saturated heterocycles. The van der Waals surface area contributed by atoms with Gasteiger partial charge in [-0.2, -0.15) is 5.10 Å². The molecule has 2 aromatic rings. The number of hydrogen-bond acceptors (Lipinski definition) is 5. The molecule has 0 atom stereocenters. The molecule has 0 aliphatic rings. The lowest BCUT2D eigenvalue weighted by Crippen LogP contribution is -1.93. The first-order valence-electron chi connectivity index (χ1n) is 5.06. The van der Waals surface area contributed by atoms with Gasteiger partial charge in [-0.05, 0) is 19.1 Å². The van der Waals surface area contributed by atoms with Crippen LogP contribution in [-0.4, -0.2) is 27.3 Å². The van der Waals surface area contributed by atoms with Crippen LogP contribution < -0.4 is 10.5 Å². The van der Waals surface area contributed by atoms with Gasteiger partial charge < -0.3 is 10.5 Å². The summed E-state index contributed by atoms with van der Waals surface area (Å²) in [6, 6.07) is 5.49. The summed E-state index contributed by atoms with van der Waals surface area (Å²) in [5.74, 6) is 1.61. The Morgan fingerprint density at radius 3 is 2.94 bits per heavy atom. The number of methoxy groups -OCH3 is 1. The monoisotopic (exact) mass is 231 g/mol. The summed E-state index contributed by atoms with van der Waals surface area (Å²) >= 11 is 0. The standard InChI is InChI=1S/C11H13N5O/c1-7-15-11(12)8-4-3-5-9(17-2)10(8)13-6-14-16-7/h3-6H,12H2,1-2H3,(H,15,16). The van der Waals surface area contributed by atoms with Gasteiger partial charge in [0.15, 0.2) is 0 Å². The van der Waals surface area contributed by atoms with E-state index in [2.05, 4.69) is 20.2 Å². The molecule has 0 saturated carbocycles. The molecule has 0 unspecified atom stereocenters. The lowest BCUT2D eigenvalue weighted by Gasteiger charge is -2.02. The molecule has 0 aliphatic heterocycles.